The van der Waals surface area contributed by atoms with Crippen LogP contribution in [0.25, 0.3) is 11.2 Å². The highest BCUT2D eigenvalue weighted by atomic mass is 35.5. The maximum atomic E-state index is 13.1. The Morgan fingerprint density at radius 3 is 2.85 bits per heavy atom. The lowest BCUT2D eigenvalue weighted by Gasteiger charge is -2.49. The number of hydrogen-bond acceptors (Lipinski definition) is 12. The second-order valence-electron chi connectivity index (χ2n) is 9.23. The Morgan fingerprint density at radius 1 is 1.39 bits per heavy atom. The van der Waals surface area contributed by atoms with Gasteiger partial charge in [-0.2, -0.15) is 0 Å². The number of carbonyl (C=O) groups excluding carboxylic acids is 3. The van der Waals surface area contributed by atoms with E-state index in [0.29, 0.717) is 18.6 Å². The van der Waals surface area contributed by atoms with Gasteiger partial charge in [0.15, 0.2) is 17.1 Å². The number of aryl methyl sites for hydroxylation is 1. The van der Waals surface area contributed by atoms with Crippen LogP contribution in [-0.2, 0) is 27.5 Å². The minimum absolute atomic E-state index is 0.0760. The fourth-order valence-electron chi connectivity index (χ4n) is 4.90. The normalized spacial score (nSPS) is 18.9. The number of aldehydes is 1. The first-order chi connectivity index (χ1) is 19.8. The predicted molar refractivity (Wildman–Crippen MR) is 156 cm³/mol. The van der Waals surface area contributed by atoms with E-state index in [2.05, 4.69) is 30.7 Å². The highest BCUT2D eigenvalue weighted by molar-refractivity contribution is 8.00. The molecule has 2 amide bonds. The Hall–Kier alpha value is -3.73. The van der Waals surface area contributed by atoms with Crippen molar-refractivity contribution in [3.05, 3.63) is 39.6 Å². The third-order valence-corrected chi connectivity index (χ3v) is 9.23. The number of thioether (sulfide) groups is 1. The van der Waals surface area contributed by atoms with Gasteiger partial charge in [-0.15, -0.1) is 11.8 Å². The molecule has 0 aromatic carbocycles. The molecule has 3 aromatic rings. The van der Waals surface area contributed by atoms with Crippen LogP contribution < -0.4 is 26.3 Å². The minimum atomic E-state index is -0.932. The average molecular weight is 620 g/mol. The van der Waals surface area contributed by atoms with E-state index < -0.39 is 28.9 Å². The SMILES string of the molecule is CNCCCn1c(NC)nc2c1ccc[n+]2CC1=C(C=O)N2C(=O)C(NC(=O)/C(=N\O)c3nc(N)sc3Cl)C2SC1. The first-order valence-corrected chi connectivity index (χ1v) is 14.8. The number of thiazole rings is 1. The number of fused-ring (bicyclic) bond motifs is 2. The van der Waals surface area contributed by atoms with Crippen LogP contribution in [0.5, 0.6) is 0 Å². The second kappa shape index (κ2) is 12.0. The van der Waals surface area contributed by atoms with Crippen molar-refractivity contribution in [1.29, 1.82) is 0 Å². The maximum Gasteiger partial charge on any atom is 0.351 e. The molecule has 17 heteroatoms. The molecule has 6 N–H and O–H groups in total. The van der Waals surface area contributed by atoms with Crippen LogP contribution in [0.2, 0.25) is 4.34 Å². The van der Waals surface area contributed by atoms with Gasteiger partial charge in [-0.25, -0.2) is 9.55 Å². The van der Waals surface area contributed by atoms with Crippen LogP contribution in [-0.4, -0.2) is 86.3 Å². The van der Waals surface area contributed by atoms with Crippen molar-refractivity contribution < 1.29 is 24.2 Å². The van der Waals surface area contributed by atoms with Gasteiger partial charge in [-0.1, -0.05) is 28.1 Å². The molecule has 0 aliphatic carbocycles. The van der Waals surface area contributed by atoms with E-state index in [1.54, 1.807) is 0 Å². The number of anilines is 2. The van der Waals surface area contributed by atoms with Gasteiger partial charge >= 0.3 is 11.6 Å². The van der Waals surface area contributed by atoms with Gasteiger partial charge in [0.1, 0.15) is 33.5 Å². The number of β-lactam (4-membered cyclic amide) rings is 1. The third-order valence-electron chi connectivity index (χ3n) is 6.81. The van der Waals surface area contributed by atoms with Gasteiger partial charge in [0, 0.05) is 24.9 Å². The van der Waals surface area contributed by atoms with Gasteiger partial charge in [-0.3, -0.25) is 23.9 Å². The lowest BCUT2D eigenvalue weighted by Crippen LogP contribution is -2.70. The Labute approximate surface area is 247 Å². The van der Waals surface area contributed by atoms with Crippen LogP contribution in [0.4, 0.5) is 11.1 Å². The van der Waals surface area contributed by atoms with E-state index in [-0.39, 0.29) is 20.9 Å². The number of nitrogen functional groups attached to an aromatic ring is 1. The van der Waals surface area contributed by atoms with Crippen molar-refractivity contribution in [2.75, 3.05) is 37.4 Å². The summed E-state index contributed by atoms with van der Waals surface area (Å²) < 4.78 is 4.15. The summed E-state index contributed by atoms with van der Waals surface area (Å²) in [5.74, 6) is -0.0998. The standard InChI is InChI=1S/C24H27ClN10O4S2/c1-27-6-4-8-34-13-5-3-7-33(19(13)31-24(34)28-2)9-12-11-40-22-17(21(38)35(22)14(12)10-36)29-20(37)16(32-39)15-18(25)41-23(26)30-15/h3,5,7,10,17,22,27H,4,6,8-9,11H2,1-2H3,(H4,26,29,30,37,39)/p+1. The summed E-state index contributed by atoms with van der Waals surface area (Å²) in [4.78, 5) is 48.3. The maximum absolute atomic E-state index is 13.1. The van der Waals surface area contributed by atoms with Crippen LogP contribution >= 0.6 is 34.7 Å². The Kier molecular flexibility index (Phi) is 8.44. The molecule has 0 saturated carbocycles. The Bertz CT molecular complexity index is 1590. The van der Waals surface area contributed by atoms with Crippen molar-refractivity contribution in [3.8, 4) is 0 Å². The monoisotopic (exact) mass is 619 g/mol. The summed E-state index contributed by atoms with van der Waals surface area (Å²) in [7, 11) is 3.74. The summed E-state index contributed by atoms with van der Waals surface area (Å²) in [5, 5.41) is 20.9. The largest absolute Gasteiger partial charge is 0.410 e. The number of amides is 2. The molecule has 3 aromatic heterocycles. The molecule has 0 spiro atoms. The summed E-state index contributed by atoms with van der Waals surface area (Å²) in [6.07, 6.45) is 3.49. The highest BCUT2D eigenvalue weighted by Crippen LogP contribution is 2.40. The zero-order chi connectivity index (χ0) is 29.3. The van der Waals surface area contributed by atoms with E-state index in [4.69, 9.17) is 22.3 Å². The smallest absolute Gasteiger partial charge is 0.351 e. The number of allylic oxidation sites excluding steroid dienone is 1. The molecule has 5 heterocycles. The van der Waals surface area contributed by atoms with E-state index in [1.807, 2.05) is 37.0 Å². The van der Waals surface area contributed by atoms with Gasteiger partial charge in [0.2, 0.25) is 0 Å². The lowest BCUT2D eigenvalue weighted by atomic mass is 10.0. The topological polar surface area (TPSA) is 184 Å². The molecule has 1 fully saturated rings. The number of halogens is 1. The number of nitrogens with one attached hydrogen (secondary N) is 3. The van der Waals surface area contributed by atoms with E-state index >= 15 is 0 Å². The van der Waals surface area contributed by atoms with Crippen molar-refractivity contribution in [1.82, 2.24) is 30.1 Å². The summed E-state index contributed by atoms with van der Waals surface area (Å²) >= 11 is 8.40. The molecule has 2 aliphatic heterocycles. The number of rotatable bonds is 11. The molecule has 2 unspecified atom stereocenters. The Balaban J connectivity index is 1.36. The summed E-state index contributed by atoms with van der Waals surface area (Å²) in [6.45, 7) is 2.00. The van der Waals surface area contributed by atoms with Gasteiger partial charge < -0.3 is 26.9 Å². The number of aromatic nitrogens is 4. The quantitative estimate of drug-likeness (QED) is 0.0383. The average Bonchev–Trinajstić information content (AvgIpc) is 3.50. The number of hydrogen-bond donors (Lipinski definition) is 5. The van der Waals surface area contributed by atoms with E-state index in [9.17, 15) is 19.6 Å². The molecule has 2 atom stereocenters. The molecule has 2 aliphatic rings. The molecule has 0 bridgehead atoms. The number of oxime groups is 1. The number of pyridine rings is 1. The highest BCUT2D eigenvalue weighted by Gasteiger charge is 2.53. The molecule has 216 valence electrons. The second-order valence-corrected chi connectivity index (χ2v) is 12.0. The number of nitrogens with zero attached hydrogens (tertiary/aromatic N) is 6. The van der Waals surface area contributed by atoms with Crippen molar-refractivity contribution in [3.63, 3.8) is 0 Å². The Morgan fingerprint density at radius 2 is 2.20 bits per heavy atom. The molecule has 5 rings (SSSR count). The molecule has 14 nitrogen and oxygen atoms in total. The molecule has 1 saturated heterocycles. The fraction of sp³-hybridized carbons (Fsp3) is 0.375. The number of carbonyl (C=O) groups is 3. The molecular formula is C24H28ClN10O4S2+. The van der Waals surface area contributed by atoms with Gasteiger partial charge in [0.05, 0.1) is 11.9 Å². The molecular weight excluding hydrogens is 592 g/mol. The van der Waals surface area contributed by atoms with Gasteiger partial charge in [0.25, 0.3) is 11.8 Å². The van der Waals surface area contributed by atoms with E-state index in [0.717, 1.165) is 53.5 Å². The van der Waals surface area contributed by atoms with Crippen molar-refractivity contribution in [2.45, 2.75) is 30.9 Å². The van der Waals surface area contributed by atoms with Crippen LogP contribution in [0.15, 0.2) is 34.8 Å². The first kappa shape index (κ1) is 28.8. The summed E-state index contributed by atoms with van der Waals surface area (Å²) in [6, 6.07) is 3.00. The van der Waals surface area contributed by atoms with E-state index in [1.165, 1.54) is 16.7 Å². The van der Waals surface area contributed by atoms with Gasteiger partial charge in [-0.05, 0) is 37.1 Å². The van der Waals surface area contributed by atoms with Crippen LogP contribution in [0, 0.1) is 0 Å². The van der Waals surface area contributed by atoms with Crippen molar-refractivity contribution in [2.24, 2.45) is 5.16 Å². The number of nitrogens with two attached hydrogens (primary N) is 1. The lowest BCUT2D eigenvalue weighted by molar-refractivity contribution is -0.664. The first-order valence-electron chi connectivity index (χ1n) is 12.6. The predicted octanol–water partition coefficient (Wildman–Crippen LogP) is 0.399. The minimum Gasteiger partial charge on any atom is -0.410 e. The van der Waals surface area contributed by atoms with Crippen LogP contribution in [0.1, 0.15) is 12.1 Å². The third kappa shape index (κ3) is 5.23. The fourth-order valence-corrected chi connectivity index (χ4v) is 7.18. The molecule has 41 heavy (non-hydrogen) atoms. The zero-order valence-corrected chi connectivity index (χ0v) is 24.5. The zero-order valence-electron chi connectivity index (χ0n) is 22.1. The van der Waals surface area contributed by atoms with Crippen LogP contribution in [0.3, 0.4) is 0 Å². The van der Waals surface area contributed by atoms with Crippen molar-refractivity contribution >= 4 is 80.8 Å². The summed E-state index contributed by atoms with van der Waals surface area (Å²) in [5.41, 5.74) is 7.82. The molecule has 0 radical (unpaired) electrons. The number of imidazole rings is 1.